The molecule has 0 N–H and O–H groups in total. The first kappa shape index (κ1) is 23.7. The van der Waals surface area contributed by atoms with E-state index in [2.05, 4.69) is 11.1 Å². The third-order valence-corrected chi connectivity index (χ3v) is 6.77. The zero-order valence-corrected chi connectivity index (χ0v) is 19.7. The van der Waals surface area contributed by atoms with E-state index in [0.717, 1.165) is 44.5 Å². The second-order valence-corrected chi connectivity index (χ2v) is 9.15. The van der Waals surface area contributed by atoms with Gasteiger partial charge in [0.25, 0.3) is 0 Å². The topological polar surface area (TPSA) is 45.9 Å². The molecular formula is C29H19F3N2OS. The lowest BCUT2D eigenvalue weighted by molar-refractivity contribution is -0.137. The van der Waals surface area contributed by atoms with E-state index in [1.54, 1.807) is 17.8 Å². The highest BCUT2D eigenvalue weighted by Gasteiger charge is 2.30. The molecule has 0 aliphatic carbocycles. The molecule has 3 nitrogen and oxygen atoms in total. The van der Waals surface area contributed by atoms with Crippen molar-refractivity contribution in [3.05, 3.63) is 124 Å². The molecule has 178 valence electrons. The summed E-state index contributed by atoms with van der Waals surface area (Å²) < 4.78 is 45.0. The van der Waals surface area contributed by atoms with Crippen LogP contribution in [0.1, 0.15) is 33.2 Å². The summed E-state index contributed by atoms with van der Waals surface area (Å²) in [6, 6.07) is 26.8. The number of fused-ring (bicyclic) bond motifs is 1. The van der Waals surface area contributed by atoms with E-state index in [1.165, 1.54) is 23.5 Å². The second kappa shape index (κ2) is 9.94. The van der Waals surface area contributed by atoms with Crippen LogP contribution in [0, 0.1) is 11.3 Å². The number of hydrogen-bond donors (Lipinski definition) is 0. The van der Waals surface area contributed by atoms with Gasteiger partial charge in [0, 0.05) is 11.8 Å². The molecule has 0 aliphatic rings. The van der Waals surface area contributed by atoms with Crippen molar-refractivity contribution >= 4 is 22.1 Å². The van der Waals surface area contributed by atoms with Gasteiger partial charge in [-0.2, -0.15) is 18.4 Å². The van der Waals surface area contributed by atoms with Crippen molar-refractivity contribution in [1.82, 2.24) is 4.98 Å². The summed E-state index contributed by atoms with van der Waals surface area (Å²) in [5.74, 6) is 0. The summed E-state index contributed by atoms with van der Waals surface area (Å²) in [4.78, 5) is 5.04. The summed E-state index contributed by atoms with van der Waals surface area (Å²) in [5, 5.41) is 11.9. The first-order chi connectivity index (χ1) is 17.4. The monoisotopic (exact) mass is 500 g/mol. The van der Waals surface area contributed by atoms with Gasteiger partial charge in [0.1, 0.15) is 6.10 Å². The molecule has 0 saturated carbocycles. The molecule has 1 heterocycles. The van der Waals surface area contributed by atoms with Crippen molar-refractivity contribution in [3.8, 4) is 17.2 Å². The number of rotatable bonds is 6. The number of benzene rings is 4. The van der Waals surface area contributed by atoms with Crippen molar-refractivity contribution in [3.63, 3.8) is 0 Å². The van der Waals surface area contributed by atoms with Gasteiger partial charge in [-0.15, -0.1) is 11.3 Å². The molecule has 0 spiro atoms. The number of ether oxygens (including phenoxy) is 1. The largest absolute Gasteiger partial charge is 0.416 e. The normalized spacial score (nSPS) is 12.4. The van der Waals surface area contributed by atoms with Crippen LogP contribution in [-0.2, 0) is 17.5 Å². The van der Waals surface area contributed by atoms with Gasteiger partial charge in [0.05, 0.1) is 34.2 Å². The highest BCUT2D eigenvalue weighted by Crippen LogP contribution is 2.36. The fourth-order valence-electron chi connectivity index (χ4n) is 4.17. The standard InChI is InChI=1S/C29H19F3N2OS/c30-29(31,32)23-12-8-19(9-13-23)17-35-28(27-16-34-18-36-27)21-10-11-22(15-33)26(14-21)25-7-3-5-20-4-1-2-6-24(20)25/h1-14,16,18,28H,17H2. The lowest BCUT2D eigenvalue weighted by Crippen LogP contribution is -2.07. The molecule has 0 saturated heterocycles. The molecule has 5 aromatic rings. The average molecular weight is 501 g/mol. The zero-order valence-electron chi connectivity index (χ0n) is 18.9. The first-order valence-electron chi connectivity index (χ1n) is 11.1. The number of halogens is 3. The summed E-state index contributed by atoms with van der Waals surface area (Å²) in [6.45, 7) is 0.115. The van der Waals surface area contributed by atoms with Gasteiger partial charge in [0.2, 0.25) is 0 Å². The Hall–Kier alpha value is -3.99. The highest BCUT2D eigenvalue weighted by atomic mass is 32.1. The summed E-state index contributed by atoms with van der Waals surface area (Å²) >= 11 is 1.43. The fourth-order valence-corrected chi connectivity index (χ4v) is 4.87. The maximum Gasteiger partial charge on any atom is 0.416 e. The first-order valence-corrected chi connectivity index (χ1v) is 12.0. The second-order valence-electron chi connectivity index (χ2n) is 8.23. The predicted molar refractivity (Wildman–Crippen MR) is 134 cm³/mol. The van der Waals surface area contributed by atoms with E-state index in [9.17, 15) is 18.4 Å². The van der Waals surface area contributed by atoms with Crippen LogP contribution in [0.5, 0.6) is 0 Å². The molecule has 7 heteroatoms. The molecule has 0 bridgehead atoms. The van der Waals surface area contributed by atoms with Crippen LogP contribution >= 0.6 is 11.3 Å². The minimum absolute atomic E-state index is 0.115. The Morgan fingerprint density at radius 1 is 0.917 bits per heavy atom. The van der Waals surface area contributed by atoms with Crippen LogP contribution in [-0.4, -0.2) is 4.98 Å². The molecule has 0 radical (unpaired) electrons. The maximum atomic E-state index is 12.9. The molecule has 0 aliphatic heterocycles. The predicted octanol–water partition coefficient (Wildman–Crippen LogP) is 8.16. The highest BCUT2D eigenvalue weighted by molar-refractivity contribution is 7.09. The van der Waals surface area contributed by atoms with E-state index < -0.39 is 17.8 Å². The smallest absolute Gasteiger partial charge is 0.363 e. The molecule has 0 fully saturated rings. The lowest BCUT2D eigenvalue weighted by Gasteiger charge is -2.19. The molecular weight excluding hydrogens is 481 g/mol. The van der Waals surface area contributed by atoms with Gasteiger partial charge in [-0.1, -0.05) is 60.7 Å². The molecule has 4 aromatic carbocycles. The Morgan fingerprint density at radius 3 is 2.42 bits per heavy atom. The summed E-state index contributed by atoms with van der Waals surface area (Å²) in [6.07, 6.45) is -3.16. The summed E-state index contributed by atoms with van der Waals surface area (Å²) in [7, 11) is 0. The van der Waals surface area contributed by atoms with Gasteiger partial charge in [-0.3, -0.25) is 4.98 Å². The number of nitriles is 1. The van der Waals surface area contributed by atoms with Crippen LogP contribution < -0.4 is 0 Å². The Bertz CT molecular complexity index is 1530. The third kappa shape index (κ3) is 4.87. The molecule has 0 amide bonds. The number of aromatic nitrogens is 1. The Balaban J connectivity index is 1.52. The van der Waals surface area contributed by atoms with Crippen LogP contribution in [0.25, 0.3) is 21.9 Å². The van der Waals surface area contributed by atoms with Crippen LogP contribution in [0.2, 0.25) is 0 Å². The molecule has 1 aromatic heterocycles. The third-order valence-electron chi connectivity index (χ3n) is 5.95. The lowest BCUT2D eigenvalue weighted by atomic mass is 9.92. The van der Waals surface area contributed by atoms with Crippen LogP contribution in [0.4, 0.5) is 13.2 Å². The van der Waals surface area contributed by atoms with E-state index >= 15 is 0 Å². The molecule has 5 rings (SSSR count). The Labute approximate surface area is 210 Å². The minimum atomic E-state index is -4.38. The molecule has 1 unspecified atom stereocenters. The zero-order chi connectivity index (χ0) is 25.1. The van der Waals surface area contributed by atoms with E-state index in [4.69, 9.17) is 4.74 Å². The van der Waals surface area contributed by atoms with E-state index in [-0.39, 0.29) is 6.61 Å². The quantitative estimate of drug-likeness (QED) is 0.236. The summed E-state index contributed by atoms with van der Waals surface area (Å²) in [5.41, 5.74) is 4.74. The van der Waals surface area contributed by atoms with Gasteiger partial charge in [-0.05, 0) is 51.7 Å². The van der Waals surface area contributed by atoms with Crippen molar-refractivity contribution in [2.45, 2.75) is 18.9 Å². The maximum absolute atomic E-state index is 12.9. The van der Waals surface area contributed by atoms with Crippen LogP contribution in [0.3, 0.4) is 0 Å². The van der Waals surface area contributed by atoms with Crippen molar-refractivity contribution in [2.24, 2.45) is 0 Å². The number of nitrogens with zero attached hydrogens (tertiary/aromatic N) is 2. The average Bonchev–Trinajstić information content (AvgIpc) is 3.43. The van der Waals surface area contributed by atoms with Crippen molar-refractivity contribution in [2.75, 3.05) is 0 Å². The van der Waals surface area contributed by atoms with E-state index in [1.807, 2.05) is 54.6 Å². The van der Waals surface area contributed by atoms with Crippen LogP contribution in [0.15, 0.2) is 96.6 Å². The van der Waals surface area contributed by atoms with Gasteiger partial charge in [0.15, 0.2) is 0 Å². The fraction of sp³-hybridized carbons (Fsp3) is 0.103. The van der Waals surface area contributed by atoms with Crippen molar-refractivity contribution < 1.29 is 17.9 Å². The molecule has 36 heavy (non-hydrogen) atoms. The number of thiazole rings is 1. The van der Waals surface area contributed by atoms with E-state index in [0.29, 0.717) is 11.1 Å². The molecule has 1 atom stereocenters. The van der Waals surface area contributed by atoms with Crippen molar-refractivity contribution in [1.29, 1.82) is 5.26 Å². The minimum Gasteiger partial charge on any atom is -0.363 e. The Kier molecular flexibility index (Phi) is 6.55. The number of hydrogen-bond acceptors (Lipinski definition) is 4. The van der Waals surface area contributed by atoms with Gasteiger partial charge < -0.3 is 4.74 Å². The van der Waals surface area contributed by atoms with Gasteiger partial charge in [-0.25, -0.2) is 0 Å². The van der Waals surface area contributed by atoms with Gasteiger partial charge >= 0.3 is 6.18 Å². The SMILES string of the molecule is N#Cc1ccc(C(OCc2ccc(C(F)(F)F)cc2)c2cncs2)cc1-c1cccc2ccccc12. The number of alkyl halides is 3. The Morgan fingerprint density at radius 2 is 1.69 bits per heavy atom.